The molecule has 0 spiro atoms. The monoisotopic (exact) mass is 288 g/mol. The van der Waals surface area contributed by atoms with E-state index in [1.807, 2.05) is 47.2 Å². The van der Waals surface area contributed by atoms with Crippen molar-refractivity contribution in [3.63, 3.8) is 0 Å². The summed E-state index contributed by atoms with van der Waals surface area (Å²) in [6, 6.07) is 11.3. The molecule has 2 aromatic heterocycles. The van der Waals surface area contributed by atoms with E-state index < -0.39 is 0 Å². The van der Waals surface area contributed by atoms with E-state index in [0.717, 1.165) is 5.56 Å². The summed E-state index contributed by atoms with van der Waals surface area (Å²) >= 11 is 6.16. The van der Waals surface area contributed by atoms with E-state index in [0.29, 0.717) is 28.9 Å². The Hall–Kier alpha value is -2.04. The van der Waals surface area contributed by atoms with Crippen LogP contribution in [-0.4, -0.2) is 21.3 Å². The van der Waals surface area contributed by atoms with Gasteiger partial charge in [0.15, 0.2) is 11.6 Å². The minimum absolute atomic E-state index is 0.0570. The molecule has 0 bridgehead atoms. The third kappa shape index (κ3) is 2.35. The Morgan fingerprint density at radius 2 is 1.95 bits per heavy atom. The number of aliphatic hydroxyl groups excluding tert-OH is 1. The molecule has 0 fully saturated rings. The van der Waals surface area contributed by atoms with E-state index in [1.54, 1.807) is 6.20 Å². The van der Waals surface area contributed by atoms with Crippen molar-refractivity contribution in [2.75, 3.05) is 6.61 Å². The number of aromatic nitrogens is 2. The van der Waals surface area contributed by atoms with E-state index in [4.69, 9.17) is 21.1 Å². The molecule has 3 aromatic rings. The lowest BCUT2D eigenvalue weighted by Gasteiger charge is -2.03. The van der Waals surface area contributed by atoms with Gasteiger partial charge in [-0.05, 0) is 24.3 Å². The van der Waals surface area contributed by atoms with E-state index in [1.165, 1.54) is 0 Å². The molecule has 102 valence electrons. The van der Waals surface area contributed by atoms with Gasteiger partial charge in [-0.3, -0.25) is 0 Å². The Labute approximate surface area is 121 Å². The fraction of sp³-hybridized carbons (Fsp3) is 0.133. The summed E-state index contributed by atoms with van der Waals surface area (Å²) in [6.45, 7) is 0.541. The van der Waals surface area contributed by atoms with E-state index in [9.17, 15) is 0 Å². The second-order valence-electron chi connectivity index (χ2n) is 4.31. The van der Waals surface area contributed by atoms with Crippen LogP contribution in [0.15, 0.2) is 53.2 Å². The van der Waals surface area contributed by atoms with Gasteiger partial charge in [-0.25, -0.2) is 4.98 Å². The molecule has 3 rings (SSSR count). The summed E-state index contributed by atoms with van der Waals surface area (Å²) in [7, 11) is 0. The Kier molecular flexibility index (Phi) is 3.58. The SMILES string of the molecule is OCCn1ccnc1-c1ccc(-c2ccccc2Cl)o1. The summed E-state index contributed by atoms with van der Waals surface area (Å²) < 4.78 is 7.67. The van der Waals surface area contributed by atoms with Crippen molar-refractivity contribution in [3.8, 4) is 22.9 Å². The Balaban J connectivity index is 1.98. The van der Waals surface area contributed by atoms with Crippen LogP contribution in [0.25, 0.3) is 22.9 Å². The standard InChI is InChI=1S/C15H13ClN2O2/c16-12-4-2-1-3-11(12)13-5-6-14(20-13)15-17-7-8-18(15)9-10-19/h1-8,19H,9-10H2. The zero-order valence-corrected chi connectivity index (χ0v) is 11.4. The van der Waals surface area contributed by atoms with Crippen LogP contribution < -0.4 is 0 Å². The van der Waals surface area contributed by atoms with Crippen LogP contribution in [0.3, 0.4) is 0 Å². The van der Waals surface area contributed by atoms with Gasteiger partial charge in [0, 0.05) is 24.5 Å². The van der Waals surface area contributed by atoms with Crippen LogP contribution in [0.1, 0.15) is 0 Å². The second kappa shape index (κ2) is 5.53. The van der Waals surface area contributed by atoms with Crippen LogP contribution in [0.2, 0.25) is 5.02 Å². The highest BCUT2D eigenvalue weighted by molar-refractivity contribution is 6.33. The molecular formula is C15H13ClN2O2. The first-order valence-electron chi connectivity index (χ1n) is 6.26. The molecule has 1 aromatic carbocycles. The van der Waals surface area contributed by atoms with Crippen LogP contribution in [-0.2, 0) is 6.54 Å². The minimum Gasteiger partial charge on any atom is -0.453 e. The van der Waals surface area contributed by atoms with E-state index >= 15 is 0 Å². The van der Waals surface area contributed by atoms with E-state index in [2.05, 4.69) is 4.98 Å². The highest BCUT2D eigenvalue weighted by Crippen LogP contribution is 2.31. The van der Waals surface area contributed by atoms with Crippen molar-refractivity contribution in [2.24, 2.45) is 0 Å². The van der Waals surface area contributed by atoms with Crippen LogP contribution in [0.5, 0.6) is 0 Å². The topological polar surface area (TPSA) is 51.2 Å². The first-order valence-corrected chi connectivity index (χ1v) is 6.64. The number of furan rings is 1. The third-order valence-electron chi connectivity index (χ3n) is 3.02. The predicted octanol–water partition coefficient (Wildman–Crippen LogP) is 3.46. The lowest BCUT2D eigenvalue weighted by atomic mass is 10.2. The van der Waals surface area contributed by atoms with E-state index in [-0.39, 0.29) is 6.61 Å². The highest BCUT2D eigenvalue weighted by atomic mass is 35.5. The normalized spacial score (nSPS) is 10.9. The maximum absolute atomic E-state index is 9.03. The lowest BCUT2D eigenvalue weighted by Crippen LogP contribution is -2.02. The van der Waals surface area contributed by atoms with Gasteiger partial charge < -0.3 is 14.1 Å². The number of nitrogens with zero attached hydrogens (tertiary/aromatic N) is 2. The van der Waals surface area contributed by atoms with Gasteiger partial charge in [-0.2, -0.15) is 0 Å². The fourth-order valence-corrected chi connectivity index (χ4v) is 2.32. The number of halogens is 1. The average Bonchev–Trinajstić information content (AvgIpc) is 3.08. The van der Waals surface area contributed by atoms with Crippen LogP contribution in [0, 0.1) is 0 Å². The van der Waals surface area contributed by atoms with Crippen molar-refractivity contribution >= 4 is 11.6 Å². The molecular weight excluding hydrogens is 276 g/mol. The Morgan fingerprint density at radius 1 is 1.15 bits per heavy atom. The minimum atomic E-state index is 0.0570. The van der Waals surface area contributed by atoms with Gasteiger partial charge in [-0.15, -0.1) is 0 Å². The van der Waals surface area contributed by atoms with Crippen LogP contribution >= 0.6 is 11.6 Å². The zero-order valence-electron chi connectivity index (χ0n) is 10.7. The fourth-order valence-electron chi connectivity index (χ4n) is 2.09. The number of hydrogen-bond acceptors (Lipinski definition) is 3. The quantitative estimate of drug-likeness (QED) is 0.800. The van der Waals surface area contributed by atoms with Crippen molar-refractivity contribution in [3.05, 3.63) is 53.8 Å². The maximum atomic E-state index is 9.03. The summed E-state index contributed by atoms with van der Waals surface area (Å²) in [5.41, 5.74) is 0.848. The van der Waals surface area contributed by atoms with Gasteiger partial charge in [-0.1, -0.05) is 23.7 Å². The summed E-state index contributed by atoms with van der Waals surface area (Å²) in [5, 5.41) is 9.68. The first-order chi connectivity index (χ1) is 9.79. The van der Waals surface area contributed by atoms with Crippen molar-refractivity contribution in [1.82, 2.24) is 9.55 Å². The molecule has 0 atom stereocenters. The van der Waals surface area contributed by atoms with Gasteiger partial charge in [0.2, 0.25) is 0 Å². The predicted molar refractivity (Wildman–Crippen MR) is 77.5 cm³/mol. The Morgan fingerprint density at radius 3 is 2.75 bits per heavy atom. The lowest BCUT2D eigenvalue weighted by molar-refractivity contribution is 0.276. The molecule has 0 unspecified atom stereocenters. The van der Waals surface area contributed by atoms with Crippen molar-refractivity contribution in [2.45, 2.75) is 6.54 Å². The molecule has 0 aliphatic rings. The molecule has 1 N–H and O–H groups in total. The van der Waals surface area contributed by atoms with Crippen molar-refractivity contribution < 1.29 is 9.52 Å². The molecule has 2 heterocycles. The second-order valence-corrected chi connectivity index (χ2v) is 4.72. The summed E-state index contributed by atoms with van der Waals surface area (Å²) in [4.78, 5) is 4.26. The van der Waals surface area contributed by atoms with Gasteiger partial charge in [0.05, 0.1) is 11.6 Å². The Bertz CT molecular complexity index is 718. The molecule has 5 heteroatoms. The van der Waals surface area contributed by atoms with Gasteiger partial charge in [0.1, 0.15) is 5.76 Å². The van der Waals surface area contributed by atoms with Gasteiger partial charge in [0.25, 0.3) is 0 Å². The van der Waals surface area contributed by atoms with Crippen molar-refractivity contribution in [1.29, 1.82) is 0 Å². The molecule has 0 amide bonds. The smallest absolute Gasteiger partial charge is 0.176 e. The number of rotatable bonds is 4. The molecule has 0 aliphatic heterocycles. The molecule has 0 saturated carbocycles. The van der Waals surface area contributed by atoms with Gasteiger partial charge >= 0.3 is 0 Å². The highest BCUT2D eigenvalue weighted by Gasteiger charge is 2.13. The summed E-state index contributed by atoms with van der Waals surface area (Å²) in [6.07, 6.45) is 3.49. The largest absolute Gasteiger partial charge is 0.453 e. The number of imidazole rings is 1. The number of aliphatic hydroxyl groups is 1. The first kappa shape index (κ1) is 13.0. The molecule has 0 aliphatic carbocycles. The third-order valence-corrected chi connectivity index (χ3v) is 3.35. The molecule has 4 nitrogen and oxygen atoms in total. The zero-order chi connectivity index (χ0) is 13.9. The number of benzene rings is 1. The molecule has 0 saturated heterocycles. The summed E-state index contributed by atoms with van der Waals surface area (Å²) in [5.74, 6) is 2.04. The molecule has 20 heavy (non-hydrogen) atoms. The average molecular weight is 289 g/mol. The molecule has 0 radical (unpaired) electrons. The van der Waals surface area contributed by atoms with Crippen LogP contribution in [0.4, 0.5) is 0 Å². The maximum Gasteiger partial charge on any atom is 0.176 e. The number of hydrogen-bond donors (Lipinski definition) is 1.